The van der Waals surface area contributed by atoms with Gasteiger partial charge in [0.2, 0.25) is 15.9 Å². The molecule has 0 bridgehead atoms. The molecule has 1 fully saturated rings. The van der Waals surface area contributed by atoms with Gasteiger partial charge in [-0.1, -0.05) is 12.1 Å². The number of ether oxygens (including phenoxy) is 2. The number of benzene rings is 2. The van der Waals surface area contributed by atoms with Gasteiger partial charge in [-0.2, -0.15) is 0 Å². The van der Waals surface area contributed by atoms with Crippen LogP contribution in [0.15, 0.2) is 47.4 Å². The van der Waals surface area contributed by atoms with Gasteiger partial charge in [-0.25, -0.2) is 13.6 Å². The minimum atomic E-state index is -3.70. The van der Waals surface area contributed by atoms with E-state index in [0.29, 0.717) is 19.5 Å². The number of hydrogen-bond acceptors (Lipinski definition) is 6. The fourth-order valence-electron chi connectivity index (χ4n) is 3.90. The minimum absolute atomic E-state index is 0.0464. The Labute approximate surface area is 183 Å². The van der Waals surface area contributed by atoms with Crippen LogP contribution in [0, 0.1) is 0 Å². The van der Waals surface area contributed by atoms with Crippen LogP contribution in [0.1, 0.15) is 30.0 Å². The van der Waals surface area contributed by atoms with Crippen LogP contribution in [0.25, 0.3) is 0 Å². The van der Waals surface area contributed by atoms with Gasteiger partial charge in [-0.15, -0.1) is 0 Å². The molecule has 2 aromatic rings. The zero-order valence-electron chi connectivity index (χ0n) is 17.8. The Morgan fingerprint density at radius 3 is 2.55 bits per heavy atom. The van der Waals surface area contributed by atoms with Crippen LogP contribution in [-0.2, 0) is 21.2 Å². The van der Waals surface area contributed by atoms with Gasteiger partial charge in [0.1, 0.15) is 11.5 Å². The van der Waals surface area contributed by atoms with Gasteiger partial charge < -0.3 is 14.8 Å². The van der Waals surface area contributed by atoms with E-state index in [1.807, 2.05) is 18.2 Å². The maximum atomic E-state index is 12.5. The maximum Gasteiger partial charge on any atom is 0.238 e. The highest BCUT2D eigenvalue weighted by Gasteiger charge is 2.30. The first-order chi connectivity index (χ1) is 14.8. The molecule has 0 unspecified atom stereocenters. The van der Waals surface area contributed by atoms with Crippen molar-refractivity contribution in [1.82, 2.24) is 10.2 Å². The molecule has 2 aromatic carbocycles. The number of carbonyl (C=O) groups is 1. The van der Waals surface area contributed by atoms with Crippen LogP contribution < -0.4 is 19.9 Å². The molecule has 3 rings (SSSR count). The van der Waals surface area contributed by atoms with E-state index in [0.717, 1.165) is 42.0 Å². The van der Waals surface area contributed by atoms with Crippen LogP contribution in [0.5, 0.6) is 11.5 Å². The van der Waals surface area contributed by atoms with E-state index in [1.165, 1.54) is 12.1 Å². The average molecular weight is 448 g/mol. The first-order valence-corrected chi connectivity index (χ1v) is 11.7. The molecule has 31 heavy (non-hydrogen) atoms. The summed E-state index contributed by atoms with van der Waals surface area (Å²) in [6.07, 6.45) is 2.56. The summed E-state index contributed by atoms with van der Waals surface area (Å²) in [6, 6.07) is 12.2. The first kappa shape index (κ1) is 23.1. The third-order valence-electron chi connectivity index (χ3n) is 5.49. The van der Waals surface area contributed by atoms with E-state index in [1.54, 1.807) is 26.4 Å². The van der Waals surface area contributed by atoms with Crippen LogP contribution in [-0.4, -0.2) is 53.1 Å². The van der Waals surface area contributed by atoms with Crippen molar-refractivity contribution in [3.8, 4) is 11.5 Å². The van der Waals surface area contributed by atoms with E-state index in [2.05, 4.69) is 10.2 Å². The fraction of sp³-hybridized carbons (Fsp3) is 0.409. The Kier molecular flexibility index (Phi) is 7.53. The summed E-state index contributed by atoms with van der Waals surface area (Å²) in [7, 11) is -0.418. The van der Waals surface area contributed by atoms with E-state index < -0.39 is 10.0 Å². The summed E-state index contributed by atoms with van der Waals surface area (Å²) in [6.45, 7) is 1.61. The number of rotatable bonds is 9. The van der Waals surface area contributed by atoms with Gasteiger partial charge in [-0.3, -0.25) is 9.69 Å². The quantitative estimate of drug-likeness (QED) is 0.607. The normalized spacial score (nSPS) is 16.8. The molecule has 8 nitrogen and oxygen atoms in total. The molecule has 1 heterocycles. The Bertz CT molecular complexity index is 1010. The van der Waals surface area contributed by atoms with Gasteiger partial charge in [0, 0.05) is 18.2 Å². The molecule has 9 heteroatoms. The van der Waals surface area contributed by atoms with Crippen LogP contribution in [0.4, 0.5) is 0 Å². The Morgan fingerprint density at radius 1 is 1.16 bits per heavy atom. The molecule has 0 spiro atoms. The lowest BCUT2D eigenvalue weighted by molar-refractivity contribution is -0.122. The molecule has 1 aliphatic rings. The highest BCUT2D eigenvalue weighted by atomic mass is 32.2. The van der Waals surface area contributed by atoms with E-state index in [9.17, 15) is 13.2 Å². The van der Waals surface area contributed by atoms with Crippen molar-refractivity contribution in [3.63, 3.8) is 0 Å². The molecule has 3 N–H and O–H groups in total. The largest absolute Gasteiger partial charge is 0.497 e. The minimum Gasteiger partial charge on any atom is -0.497 e. The lowest BCUT2D eigenvalue weighted by Gasteiger charge is -2.26. The Balaban J connectivity index is 1.55. The van der Waals surface area contributed by atoms with Crippen molar-refractivity contribution in [2.45, 2.75) is 30.2 Å². The number of nitrogens with zero attached hydrogens (tertiary/aromatic N) is 1. The Morgan fingerprint density at radius 2 is 1.90 bits per heavy atom. The zero-order chi connectivity index (χ0) is 22.4. The van der Waals surface area contributed by atoms with Crippen molar-refractivity contribution in [2.24, 2.45) is 5.14 Å². The number of methoxy groups -OCH3 is 2. The van der Waals surface area contributed by atoms with Crippen molar-refractivity contribution in [2.75, 3.05) is 33.9 Å². The smallest absolute Gasteiger partial charge is 0.238 e. The number of sulfonamides is 1. The van der Waals surface area contributed by atoms with Gasteiger partial charge in [-0.05, 0) is 61.7 Å². The number of amides is 1. The highest BCUT2D eigenvalue weighted by molar-refractivity contribution is 7.89. The Hall–Kier alpha value is -2.62. The van der Waals surface area contributed by atoms with Crippen molar-refractivity contribution < 1.29 is 22.7 Å². The lowest BCUT2D eigenvalue weighted by Crippen LogP contribution is -2.37. The predicted octanol–water partition coefficient (Wildman–Crippen LogP) is 1.85. The van der Waals surface area contributed by atoms with E-state index in [-0.39, 0.29) is 16.8 Å². The van der Waals surface area contributed by atoms with Gasteiger partial charge >= 0.3 is 0 Å². The molecule has 168 valence electrons. The van der Waals surface area contributed by atoms with Crippen molar-refractivity contribution >= 4 is 15.9 Å². The molecule has 0 saturated carbocycles. The van der Waals surface area contributed by atoms with Crippen LogP contribution in [0.2, 0.25) is 0 Å². The average Bonchev–Trinajstić information content (AvgIpc) is 3.20. The summed E-state index contributed by atoms with van der Waals surface area (Å²) >= 11 is 0. The fourth-order valence-corrected chi connectivity index (χ4v) is 4.42. The number of nitrogens with two attached hydrogens (primary N) is 1. The summed E-state index contributed by atoms with van der Waals surface area (Å²) in [5, 5.41) is 8.05. The number of likely N-dealkylation sites (tertiary alicyclic amines) is 1. The summed E-state index contributed by atoms with van der Waals surface area (Å²) in [5.41, 5.74) is 1.95. The first-order valence-electron chi connectivity index (χ1n) is 10.2. The molecular weight excluding hydrogens is 418 g/mol. The van der Waals surface area contributed by atoms with E-state index in [4.69, 9.17) is 14.6 Å². The molecular formula is C22H29N3O5S. The zero-order valence-corrected chi connectivity index (χ0v) is 18.7. The number of nitrogens with one attached hydrogen (secondary N) is 1. The molecule has 0 radical (unpaired) electrons. The molecule has 1 aliphatic heterocycles. The molecule has 1 amide bonds. The second kappa shape index (κ2) is 10.1. The summed E-state index contributed by atoms with van der Waals surface area (Å²) < 4.78 is 33.5. The number of primary sulfonamides is 1. The van der Waals surface area contributed by atoms with Crippen molar-refractivity contribution in [3.05, 3.63) is 53.6 Å². The SMILES string of the molecule is COc1ccc(OC)c([C@H]2CCCN2CC(=O)NCCc2ccc(S(N)(=O)=O)cc2)c1. The van der Waals surface area contributed by atoms with Crippen molar-refractivity contribution in [1.29, 1.82) is 0 Å². The predicted molar refractivity (Wildman–Crippen MR) is 118 cm³/mol. The van der Waals surface area contributed by atoms with Gasteiger partial charge in [0.25, 0.3) is 0 Å². The molecule has 1 saturated heterocycles. The summed E-state index contributed by atoms with van der Waals surface area (Å²) in [5.74, 6) is 1.51. The number of hydrogen-bond donors (Lipinski definition) is 2. The van der Waals surface area contributed by atoms with E-state index >= 15 is 0 Å². The van der Waals surface area contributed by atoms with Crippen LogP contribution >= 0.6 is 0 Å². The summed E-state index contributed by atoms with van der Waals surface area (Å²) in [4.78, 5) is 14.8. The molecule has 0 aliphatic carbocycles. The third kappa shape index (κ3) is 5.96. The molecule has 1 atom stereocenters. The number of carbonyl (C=O) groups excluding carboxylic acids is 1. The topological polar surface area (TPSA) is 111 Å². The molecule has 0 aromatic heterocycles. The monoisotopic (exact) mass is 447 g/mol. The van der Waals surface area contributed by atoms with Gasteiger partial charge in [0.15, 0.2) is 0 Å². The third-order valence-corrected chi connectivity index (χ3v) is 6.42. The standard InChI is InChI=1S/C22H29N3O5S/c1-29-17-7-10-21(30-2)19(14-17)20-4-3-13-25(20)15-22(26)24-12-11-16-5-8-18(9-6-16)31(23,27)28/h5-10,14,20H,3-4,11-13,15H2,1-2H3,(H,24,26)(H2,23,27,28)/t20-/m1/s1. The highest BCUT2D eigenvalue weighted by Crippen LogP contribution is 2.38. The maximum absolute atomic E-state index is 12.5. The lowest BCUT2D eigenvalue weighted by atomic mass is 10.0. The van der Waals surface area contributed by atoms with Gasteiger partial charge in [0.05, 0.1) is 25.7 Å². The second-order valence-electron chi connectivity index (χ2n) is 7.53. The second-order valence-corrected chi connectivity index (χ2v) is 9.09. The van der Waals surface area contributed by atoms with Crippen LogP contribution in [0.3, 0.4) is 0 Å².